The fourth-order valence-electron chi connectivity index (χ4n) is 2.23. The number of aliphatic hydroxyl groups is 1. The quantitative estimate of drug-likeness (QED) is 0.780. The lowest BCUT2D eigenvalue weighted by molar-refractivity contribution is -0.137. The van der Waals surface area contributed by atoms with E-state index < -0.39 is 17.3 Å². The maximum atomic E-state index is 12.9. The van der Waals surface area contributed by atoms with Crippen LogP contribution < -0.4 is 10.6 Å². The normalized spacial score (nSPS) is 17.4. The zero-order valence-corrected chi connectivity index (χ0v) is 11.2. The van der Waals surface area contributed by atoms with E-state index in [0.717, 1.165) is 31.4 Å². The van der Waals surface area contributed by atoms with E-state index in [1.807, 2.05) is 0 Å². The number of anilines is 2. The van der Waals surface area contributed by atoms with Crippen LogP contribution in [0.4, 0.5) is 24.8 Å². The van der Waals surface area contributed by atoms with E-state index in [1.165, 1.54) is 0 Å². The Morgan fingerprint density at radius 3 is 2.40 bits per heavy atom. The number of pyridine rings is 1. The molecular formula is C13H18F3N3O. The van der Waals surface area contributed by atoms with Gasteiger partial charge in [-0.2, -0.15) is 13.2 Å². The van der Waals surface area contributed by atoms with Gasteiger partial charge in [0.2, 0.25) is 0 Å². The number of aliphatic hydroxyl groups excluding tert-OH is 1. The number of hydrogen-bond acceptors (Lipinski definition) is 4. The van der Waals surface area contributed by atoms with Crippen LogP contribution in [-0.4, -0.2) is 28.8 Å². The van der Waals surface area contributed by atoms with Crippen molar-refractivity contribution in [3.05, 3.63) is 17.7 Å². The molecule has 0 aromatic carbocycles. The Morgan fingerprint density at radius 2 is 1.95 bits per heavy atom. The number of hydrogen-bond donors (Lipinski definition) is 3. The summed E-state index contributed by atoms with van der Waals surface area (Å²) in [5, 5.41) is 15.1. The van der Waals surface area contributed by atoms with Crippen molar-refractivity contribution >= 4 is 11.6 Å². The molecule has 1 aliphatic rings. The molecule has 0 radical (unpaired) electrons. The van der Waals surface area contributed by atoms with E-state index in [2.05, 4.69) is 15.6 Å². The second-order valence-corrected chi connectivity index (χ2v) is 5.07. The molecule has 1 heterocycles. The predicted octanol–water partition coefficient (Wildman–Crippen LogP) is 2.86. The largest absolute Gasteiger partial charge is 0.416 e. The fraction of sp³-hybridized carbons (Fsp3) is 0.615. The lowest BCUT2D eigenvalue weighted by Gasteiger charge is -2.41. The first-order valence-corrected chi connectivity index (χ1v) is 6.61. The Kier molecular flexibility index (Phi) is 4.08. The van der Waals surface area contributed by atoms with Gasteiger partial charge in [0, 0.05) is 6.54 Å². The van der Waals surface area contributed by atoms with E-state index in [-0.39, 0.29) is 18.2 Å². The third-order valence-electron chi connectivity index (χ3n) is 3.52. The van der Waals surface area contributed by atoms with Gasteiger partial charge in [-0.25, -0.2) is 4.98 Å². The Balaban J connectivity index is 2.29. The van der Waals surface area contributed by atoms with Crippen LogP contribution in [0.2, 0.25) is 0 Å². The highest BCUT2D eigenvalue weighted by Crippen LogP contribution is 2.37. The number of halogens is 3. The van der Waals surface area contributed by atoms with E-state index in [0.29, 0.717) is 6.54 Å². The van der Waals surface area contributed by atoms with Crippen LogP contribution in [-0.2, 0) is 6.18 Å². The average molecular weight is 289 g/mol. The Bertz CT molecular complexity index is 467. The lowest BCUT2D eigenvalue weighted by Crippen LogP contribution is -2.48. The van der Waals surface area contributed by atoms with Gasteiger partial charge in [0.25, 0.3) is 0 Å². The molecule has 1 aliphatic carbocycles. The van der Waals surface area contributed by atoms with E-state index in [1.54, 1.807) is 6.92 Å². The highest BCUT2D eigenvalue weighted by atomic mass is 19.4. The molecule has 0 spiro atoms. The Morgan fingerprint density at radius 1 is 1.30 bits per heavy atom. The summed E-state index contributed by atoms with van der Waals surface area (Å²) in [7, 11) is 0. The van der Waals surface area contributed by atoms with Crippen molar-refractivity contribution < 1.29 is 18.3 Å². The summed E-state index contributed by atoms with van der Waals surface area (Å²) in [6, 6.07) is 1.97. The first-order chi connectivity index (χ1) is 9.38. The summed E-state index contributed by atoms with van der Waals surface area (Å²) >= 11 is 0. The van der Waals surface area contributed by atoms with Crippen molar-refractivity contribution in [2.75, 3.05) is 23.8 Å². The fourth-order valence-corrected chi connectivity index (χ4v) is 2.23. The van der Waals surface area contributed by atoms with Crippen LogP contribution in [0.1, 0.15) is 31.7 Å². The standard InChI is InChI=1S/C13H18F3N3O/c1-2-17-10-6-9(13(14,15)16)7-11(18-10)19-12(8-20)4-3-5-12/h6-7,20H,2-5,8H2,1H3,(H2,17,18,19). The van der Waals surface area contributed by atoms with Gasteiger partial charge < -0.3 is 15.7 Å². The number of rotatable bonds is 5. The molecule has 1 aromatic heterocycles. The van der Waals surface area contributed by atoms with Crippen LogP contribution in [0.3, 0.4) is 0 Å². The molecule has 1 saturated carbocycles. The minimum Gasteiger partial charge on any atom is -0.394 e. The van der Waals surface area contributed by atoms with Crippen LogP contribution in [0, 0.1) is 0 Å². The summed E-state index contributed by atoms with van der Waals surface area (Å²) in [6.45, 7) is 2.16. The lowest BCUT2D eigenvalue weighted by atomic mass is 9.77. The SMILES string of the molecule is CCNc1cc(C(F)(F)F)cc(NC2(CO)CCC2)n1. The van der Waals surface area contributed by atoms with Crippen LogP contribution in [0.15, 0.2) is 12.1 Å². The highest BCUT2D eigenvalue weighted by molar-refractivity contribution is 5.51. The first-order valence-electron chi connectivity index (χ1n) is 6.61. The second-order valence-electron chi connectivity index (χ2n) is 5.07. The van der Waals surface area contributed by atoms with Crippen LogP contribution in [0.5, 0.6) is 0 Å². The molecule has 3 N–H and O–H groups in total. The molecule has 2 rings (SSSR count). The molecule has 0 atom stereocenters. The maximum absolute atomic E-state index is 12.9. The van der Waals surface area contributed by atoms with Crippen molar-refractivity contribution in [2.24, 2.45) is 0 Å². The molecule has 20 heavy (non-hydrogen) atoms. The van der Waals surface area contributed by atoms with Crippen molar-refractivity contribution in [1.82, 2.24) is 4.98 Å². The summed E-state index contributed by atoms with van der Waals surface area (Å²) < 4.78 is 38.6. The molecule has 4 nitrogen and oxygen atoms in total. The Hall–Kier alpha value is -1.50. The molecule has 0 saturated heterocycles. The summed E-state index contributed by atoms with van der Waals surface area (Å²) in [6.07, 6.45) is -2.00. The maximum Gasteiger partial charge on any atom is 0.416 e. The molecule has 0 bridgehead atoms. The molecule has 0 aliphatic heterocycles. The monoisotopic (exact) mass is 289 g/mol. The molecule has 1 fully saturated rings. The molecular weight excluding hydrogens is 271 g/mol. The van der Waals surface area contributed by atoms with Gasteiger partial charge in [0.1, 0.15) is 11.6 Å². The Labute approximate surface area is 115 Å². The number of nitrogens with zero attached hydrogens (tertiary/aromatic N) is 1. The second kappa shape index (κ2) is 5.47. The van der Waals surface area contributed by atoms with Gasteiger partial charge in [0.05, 0.1) is 17.7 Å². The molecule has 0 amide bonds. The topological polar surface area (TPSA) is 57.2 Å². The minimum atomic E-state index is -4.42. The van der Waals surface area contributed by atoms with E-state index in [9.17, 15) is 18.3 Å². The highest BCUT2D eigenvalue weighted by Gasteiger charge is 2.37. The van der Waals surface area contributed by atoms with Crippen molar-refractivity contribution in [2.45, 2.75) is 37.9 Å². The van der Waals surface area contributed by atoms with Crippen molar-refractivity contribution in [3.8, 4) is 0 Å². The molecule has 112 valence electrons. The predicted molar refractivity (Wildman–Crippen MR) is 70.7 cm³/mol. The van der Waals surface area contributed by atoms with Crippen LogP contribution in [0.25, 0.3) is 0 Å². The van der Waals surface area contributed by atoms with Gasteiger partial charge >= 0.3 is 6.18 Å². The van der Waals surface area contributed by atoms with Gasteiger partial charge in [-0.1, -0.05) is 0 Å². The van der Waals surface area contributed by atoms with Gasteiger partial charge in [0.15, 0.2) is 0 Å². The van der Waals surface area contributed by atoms with E-state index in [4.69, 9.17) is 0 Å². The third-order valence-corrected chi connectivity index (χ3v) is 3.52. The number of aromatic nitrogens is 1. The summed E-state index contributed by atoms with van der Waals surface area (Å²) in [5.41, 5.74) is -1.28. The zero-order chi connectivity index (χ0) is 14.8. The molecule has 0 unspecified atom stereocenters. The third kappa shape index (κ3) is 3.15. The summed E-state index contributed by atoms with van der Waals surface area (Å²) in [4.78, 5) is 4.12. The zero-order valence-electron chi connectivity index (χ0n) is 11.2. The first kappa shape index (κ1) is 14.9. The van der Waals surface area contributed by atoms with Crippen molar-refractivity contribution in [1.29, 1.82) is 0 Å². The smallest absolute Gasteiger partial charge is 0.394 e. The van der Waals surface area contributed by atoms with Gasteiger partial charge in [-0.15, -0.1) is 0 Å². The number of alkyl halides is 3. The van der Waals surface area contributed by atoms with E-state index >= 15 is 0 Å². The van der Waals surface area contributed by atoms with Crippen LogP contribution >= 0.6 is 0 Å². The average Bonchev–Trinajstić information content (AvgIpc) is 2.33. The summed E-state index contributed by atoms with van der Waals surface area (Å²) in [5.74, 6) is 0.321. The molecule has 7 heteroatoms. The molecule has 1 aromatic rings. The minimum absolute atomic E-state index is 0.110. The van der Waals surface area contributed by atoms with Gasteiger partial charge in [-0.3, -0.25) is 0 Å². The van der Waals surface area contributed by atoms with Gasteiger partial charge in [-0.05, 0) is 38.3 Å². The van der Waals surface area contributed by atoms with Crippen molar-refractivity contribution in [3.63, 3.8) is 0 Å². The number of nitrogens with one attached hydrogen (secondary N) is 2.